The molecule has 0 bridgehead atoms. The van der Waals surface area contributed by atoms with Crippen molar-refractivity contribution in [3.63, 3.8) is 0 Å². The van der Waals surface area contributed by atoms with Crippen LogP contribution in [0.5, 0.6) is 0 Å². The van der Waals surface area contributed by atoms with Crippen LogP contribution in [0.15, 0.2) is 0 Å². The van der Waals surface area contributed by atoms with Gasteiger partial charge in [0.15, 0.2) is 6.29 Å². The van der Waals surface area contributed by atoms with E-state index in [1.807, 2.05) is 0 Å². The fourth-order valence-electron chi connectivity index (χ4n) is 7.25. The average molecular weight is 365 g/mol. The number of hydrogen-bond acceptors (Lipinski definition) is 3. The molecule has 0 spiro atoms. The van der Waals surface area contributed by atoms with Crippen molar-refractivity contribution in [2.45, 2.75) is 88.8 Å². The number of fused-ring (bicyclic) bond motifs is 3. The molecule has 5 rings (SSSR count). The average Bonchev–Trinajstić information content (AvgIpc) is 3.26. The molecule has 0 radical (unpaired) electrons. The summed E-state index contributed by atoms with van der Waals surface area (Å²) < 4.78 is 5.77. The first-order valence-corrected chi connectivity index (χ1v) is 12.0. The molecule has 1 heterocycles. The first-order valence-electron chi connectivity index (χ1n) is 11.0. The second kappa shape index (κ2) is 6.41. The van der Waals surface area contributed by atoms with E-state index >= 15 is 0 Å². The van der Waals surface area contributed by atoms with E-state index in [1.165, 1.54) is 31.4 Å². The van der Waals surface area contributed by atoms with Crippen LogP contribution in [0.1, 0.15) is 71.6 Å². The normalized spacial score (nSPS) is 53.6. The molecule has 0 aromatic rings. The van der Waals surface area contributed by atoms with Gasteiger partial charge in [-0.2, -0.15) is 11.8 Å². The molecular weight excluding hydrogens is 328 g/mol. The van der Waals surface area contributed by atoms with Crippen molar-refractivity contribution in [1.29, 1.82) is 0 Å². The quantitative estimate of drug-likeness (QED) is 0.756. The van der Waals surface area contributed by atoms with Crippen molar-refractivity contribution < 1.29 is 9.84 Å². The Morgan fingerprint density at radius 2 is 1.64 bits per heavy atom. The van der Waals surface area contributed by atoms with Crippen LogP contribution in [-0.4, -0.2) is 28.0 Å². The zero-order valence-electron chi connectivity index (χ0n) is 16.0. The highest BCUT2D eigenvalue weighted by molar-refractivity contribution is 7.99. The maximum absolute atomic E-state index is 10.3. The van der Waals surface area contributed by atoms with E-state index in [4.69, 9.17) is 4.74 Å². The summed E-state index contributed by atoms with van der Waals surface area (Å²) in [6.07, 6.45) is 12.6. The largest absolute Gasteiger partial charge is 0.367 e. The summed E-state index contributed by atoms with van der Waals surface area (Å²) in [5.41, 5.74) is -0.147. The van der Waals surface area contributed by atoms with Gasteiger partial charge in [-0.25, -0.2) is 0 Å². The number of aliphatic hydroxyl groups excluding tert-OH is 1. The molecule has 2 nitrogen and oxygen atoms in total. The smallest absolute Gasteiger partial charge is 0.167 e. The lowest BCUT2D eigenvalue weighted by atomic mass is 9.55. The van der Waals surface area contributed by atoms with Crippen molar-refractivity contribution in [3.8, 4) is 0 Å². The van der Waals surface area contributed by atoms with Crippen LogP contribution < -0.4 is 0 Å². The third kappa shape index (κ3) is 3.31. The van der Waals surface area contributed by atoms with Gasteiger partial charge >= 0.3 is 0 Å². The Hall–Kier alpha value is 0.270. The van der Waals surface area contributed by atoms with Gasteiger partial charge < -0.3 is 9.84 Å². The van der Waals surface area contributed by atoms with Crippen LogP contribution in [-0.2, 0) is 4.74 Å². The van der Waals surface area contributed by atoms with E-state index in [-0.39, 0.29) is 10.9 Å². The van der Waals surface area contributed by atoms with Crippen LogP contribution in [0.3, 0.4) is 0 Å². The van der Waals surface area contributed by atoms with Crippen LogP contribution >= 0.6 is 11.8 Å². The Labute approximate surface area is 157 Å². The van der Waals surface area contributed by atoms with Crippen LogP contribution in [0, 0.1) is 41.4 Å². The third-order valence-corrected chi connectivity index (χ3v) is 9.89. The Morgan fingerprint density at radius 1 is 0.920 bits per heavy atom. The summed E-state index contributed by atoms with van der Waals surface area (Å²) >= 11 is 2.05. The van der Waals surface area contributed by atoms with Crippen LogP contribution in [0.4, 0.5) is 0 Å². The molecule has 0 amide bonds. The molecule has 1 saturated heterocycles. The minimum atomic E-state index is -0.555. The SMILES string of the molecule is CC1(C)CC(SCC2C3CCCCC3CC3CC4CC4CC32)C(O)O1. The zero-order valence-corrected chi connectivity index (χ0v) is 16.8. The molecule has 0 aromatic carbocycles. The monoisotopic (exact) mass is 364 g/mol. The third-order valence-electron chi connectivity index (χ3n) is 8.48. The Bertz CT molecular complexity index is 506. The minimum Gasteiger partial charge on any atom is -0.367 e. The lowest BCUT2D eigenvalue weighted by Crippen LogP contribution is -2.44. The lowest BCUT2D eigenvalue weighted by molar-refractivity contribution is -0.121. The second-order valence-electron chi connectivity index (χ2n) is 10.6. The van der Waals surface area contributed by atoms with E-state index in [0.29, 0.717) is 0 Å². The summed E-state index contributed by atoms with van der Waals surface area (Å²) in [5.74, 6) is 8.46. The van der Waals surface area contributed by atoms with Gasteiger partial charge in [0, 0.05) is 0 Å². The Balaban J connectivity index is 1.30. The van der Waals surface area contributed by atoms with Gasteiger partial charge in [0.1, 0.15) is 0 Å². The lowest BCUT2D eigenvalue weighted by Gasteiger charge is -2.51. The van der Waals surface area contributed by atoms with Gasteiger partial charge in [0.05, 0.1) is 10.9 Å². The summed E-state index contributed by atoms with van der Waals surface area (Å²) in [6.45, 7) is 4.25. The molecule has 9 unspecified atom stereocenters. The molecular formula is C22H36O2S. The topological polar surface area (TPSA) is 29.5 Å². The highest BCUT2D eigenvalue weighted by Gasteiger charge is 2.53. The summed E-state index contributed by atoms with van der Waals surface area (Å²) in [5, 5.41) is 10.6. The van der Waals surface area contributed by atoms with Crippen molar-refractivity contribution >= 4 is 11.8 Å². The molecule has 4 aliphatic carbocycles. The van der Waals surface area contributed by atoms with Crippen LogP contribution in [0.25, 0.3) is 0 Å². The highest BCUT2D eigenvalue weighted by Crippen LogP contribution is 2.62. The van der Waals surface area contributed by atoms with Gasteiger partial charge in [-0.1, -0.05) is 19.3 Å². The fraction of sp³-hybridized carbons (Fsp3) is 1.00. The highest BCUT2D eigenvalue weighted by atomic mass is 32.2. The number of rotatable bonds is 3. The van der Waals surface area contributed by atoms with Crippen molar-refractivity contribution in [3.05, 3.63) is 0 Å². The molecule has 5 fully saturated rings. The summed E-state index contributed by atoms with van der Waals surface area (Å²) in [7, 11) is 0. The zero-order chi connectivity index (χ0) is 17.2. The van der Waals surface area contributed by atoms with Gasteiger partial charge in [0.2, 0.25) is 0 Å². The fourth-order valence-corrected chi connectivity index (χ4v) is 8.95. The number of hydrogen-bond donors (Lipinski definition) is 1. The van der Waals surface area contributed by atoms with E-state index in [2.05, 4.69) is 25.6 Å². The molecule has 25 heavy (non-hydrogen) atoms. The van der Waals surface area contributed by atoms with E-state index in [9.17, 15) is 5.11 Å². The first-order chi connectivity index (χ1) is 12.0. The number of thioether (sulfide) groups is 1. The summed E-state index contributed by atoms with van der Waals surface area (Å²) in [6, 6.07) is 0. The van der Waals surface area contributed by atoms with Crippen molar-refractivity contribution in [2.24, 2.45) is 41.4 Å². The number of ether oxygens (including phenoxy) is 1. The van der Waals surface area contributed by atoms with E-state index in [0.717, 1.165) is 47.8 Å². The van der Waals surface area contributed by atoms with E-state index < -0.39 is 6.29 Å². The molecule has 5 aliphatic rings. The minimum absolute atomic E-state index is 0.147. The molecule has 1 N–H and O–H groups in total. The second-order valence-corrected chi connectivity index (χ2v) is 11.9. The standard InChI is InChI=1S/C22H36O2S/c1-22(2)11-20(21(23)24-22)25-12-19-17-6-4-3-5-13(17)7-16-9-14-8-15(14)10-18(16)19/h13-21,23H,3-12H2,1-2H3. The van der Waals surface area contributed by atoms with E-state index in [1.54, 1.807) is 25.7 Å². The molecule has 4 saturated carbocycles. The molecule has 9 atom stereocenters. The molecule has 1 aliphatic heterocycles. The van der Waals surface area contributed by atoms with Gasteiger partial charge in [-0.05, 0) is 99.6 Å². The van der Waals surface area contributed by atoms with Gasteiger partial charge in [-0.3, -0.25) is 0 Å². The Morgan fingerprint density at radius 3 is 2.44 bits per heavy atom. The van der Waals surface area contributed by atoms with Gasteiger partial charge in [-0.15, -0.1) is 0 Å². The number of aliphatic hydroxyl groups is 1. The van der Waals surface area contributed by atoms with Crippen LogP contribution in [0.2, 0.25) is 0 Å². The maximum atomic E-state index is 10.3. The molecule has 0 aromatic heterocycles. The summed E-state index contributed by atoms with van der Waals surface area (Å²) in [4.78, 5) is 0. The van der Waals surface area contributed by atoms with Gasteiger partial charge in [0.25, 0.3) is 0 Å². The molecule has 142 valence electrons. The molecule has 3 heteroatoms. The predicted molar refractivity (Wildman–Crippen MR) is 103 cm³/mol. The Kier molecular flexibility index (Phi) is 4.46. The first kappa shape index (κ1) is 17.4. The maximum Gasteiger partial charge on any atom is 0.167 e. The van der Waals surface area contributed by atoms with Crippen molar-refractivity contribution in [2.75, 3.05) is 5.75 Å². The predicted octanol–water partition coefficient (Wildman–Crippen LogP) is 5.09. The van der Waals surface area contributed by atoms with Crippen molar-refractivity contribution in [1.82, 2.24) is 0 Å².